The van der Waals surface area contributed by atoms with Crippen molar-refractivity contribution in [3.8, 4) is 0 Å². The molecule has 1 aliphatic rings. The minimum atomic E-state index is 0.318. The van der Waals surface area contributed by atoms with E-state index >= 15 is 0 Å². The second-order valence-electron chi connectivity index (χ2n) is 4.50. The summed E-state index contributed by atoms with van der Waals surface area (Å²) in [4.78, 5) is 3.86. The Balaban J connectivity index is 1.81. The van der Waals surface area contributed by atoms with Gasteiger partial charge in [0, 0.05) is 16.8 Å². The SMILES string of the molecule is CC(Cl)C1CCN(Cc2ccc(Cl)s2)CC1. The van der Waals surface area contributed by atoms with Crippen LogP contribution in [0.2, 0.25) is 4.34 Å². The van der Waals surface area contributed by atoms with Gasteiger partial charge in [0.15, 0.2) is 0 Å². The summed E-state index contributed by atoms with van der Waals surface area (Å²) in [6, 6.07) is 4.11. The summed E-state index contributed by atoms with van der Waals surface area (Å²) in [5, 5.41) is 0.318. The number of rotatable bonds is 3. The molecule has 0 radical (unpaired) electrons. The van der Waals surface area contributed by atoms with Crippen LogP contribution in [0, 0.1) is 5.92 Å². The molecule has 1 fully saturated rings. The van der Waals surface area contributed by atoms with E-state index in [0.717, 1.165) is 24.0 Å². The standard InChI is InChI=1S/C12H17Cl2NS/c1-9(13)10-4-6-15(7-5-10)8-11-2-3-12(14)16-11/h2-3,9-10H,4-8H2,1H3. The van der Waals surface area contributed by atoms with Crippen LogP contribution in [0.15, 0.2) is 12.1 Å². The van der Waals surface area contributed by atoms with Gasteiger partial charge in [-0.1, -0.05) is 11.6 Å². The van der Waals surface area contributed by atoms with Crippen LogP contribution in [-0.4, -0.2) is 23.4 Å². The molecule has 0 bridgehead atoms. The molecule has 0 spiro atoms. The van der Waals surface area contributed by atoms with E-state index in [2.05, 4.69) is 17.9 Å². The first-order valence-corrected chi connectivity index (χ1v) is 7.39. The Labute approximate surface area is 111 Å². The van der Waals surface area contributed by atoms with Crippen molar-refractivity contribution < 1.29 is 0 Å². The Hall–Kier alpha value is 0.240. The number of piperidine rings is 1. The average molecular weight is 278 g/mol. The summed E-state index contributed by atoms with van der Waals surface area (Å²) in [5.74, 6) is 0.699. The number of halogens is 2. The van der Waals surface area contributed by atoms with Crippen LogP contribution in [0.5, 0.6) is 0 Å². The quantitative estimate of drug-likeness (QED) is 0.747. The van der Waals surface area contributed by atoms with Crippen molar-refractivity contribution in [3.63, 3.8) is 0 Å². The monoisotopic (exact) mass is 277 g/mol. The smallest absolute Gasteiger partial charge is 0.0931 e. The summed E-state index contributed by atoms with van der Waals surface area (Å²) in [6.45, 7) is 5.48. The lowest BCUT2D eigenvalue weighted by Crippen LogP contribution is -2.35. The van der Waals surface area contributed by atoms with Crippen molar-refractivity contribution >= 4 is 34.5 Å². The Morgan fingerprint density at radius 2 is 2.12 bits per heavy atom. The summed E-state index contributed by atoms with van der Waals surface area (Å²) in [6.07, 6.45) is 2.45. The fourth-order valence-electron chi connectivity index (χ4n) is 2.23. The third-order valence-corrected chi connectivity index (χ3v) is 4.86. The molecule has 16 heavy (non-hydrogen) atoms. The zero-order valence-electron chi connectivity index (χ0n) is 9.46. The molecule has 0 aromatic carbocycles. The van der Waals surface area contributed by atoms with Gasteiger partial charge in [-0.15, -0.1) is 22.9 Å². The molecule has 1 saturated heterocycles. The van der Waals surface area contributed by atoms with Crippen LogP contribution in [0.3, 0.4) is 0 Å². The maximum atomic E-state index is 6.13. The van der Waals surface area contributed by atoms with Crippen LogP contribution in [0.25, 0.3) is 0 Å². The third-order valence-electron chi connectivity index (χ3n) is 3.29. The molecule has 1 unspecified atom stereocenters. The molecule has 0 aliphatic carbocycles. The minimum absolute atomic E-state index is 0.318. The molecule has 1 aromatic heterocycles. The van der Waals surface area contributed by atoms with Gasteiger partial charge < -0.3 is 0 Å². The van der Waals surface area contributed by atoms with Crippen molar-refractivity contribution in [1.82, 2.24) is 4.90 Å². The molecule has 0 N–H and O–H groups in total. The zero-order chi connectivity index (χ0) is 11.5. The van der Waals surface area contributed by atoms with Gasteiger partial charge in [-0.05, 0) is 50.9 Å². The van der Waals surface area contributed by atoms with Crippen molar-refractivity contribution in [1.29, 1.82) is 0 Å². The molecule has 2 rings (SSSR count). The highest BCUT2D eigenvalue weighted by Gasteiger charge is 2.22. The molecule has 1 aliphatic heterocycles. The van der Waals surface area contributed by atoms with Gasteiger partial charge in [0.25, 0.3) is 0 Å². The van der Waals surface area contributed by atoms with E-state index in [9.17, 15) is 0 Å². The summed E-state index contributed by atoms with van der Waals surface area (Å²) < 4.78 is 0.888. The maximum absolute atomic E-state index is 6.13. The van der Waals surface area contributed by atoms with Crippen molar-refractivity contribution in [2.75, 3.05) is 13.1 Å². The van der Waals surface area contributed by atoms with E-state index in [-0.39, 0.29) is 0 Å². The summed E-state index contributed by atoms with van der Waals surface area (Å²) >= 11 is 13.7. The molecule has 0 saturated carbocycles. The van der Waals surface area contributed by atoms with Crippen LogP contribution >= 0.6 is 34.5 Å². The highest BCUT2D eigenvalue weighted by molar-refractivity contribution is 7.16. The van der Waals surface area contributed by atoms with Gasteiger partial charge in [-0.25, -0.2) is 0 Å². The highest BCUT2D eigenvalue weighted by atomic mass is 35.5. The van der Waals surface area contributed by atoms with E-state index in [0.29, 0.717) is 11.3 Å². The molecule has 4 heteroatoms. The van der Waals surface area contributed by atoms with E-state index < -0.39 is 0 Å². The third kappa shape index (κ3) is 3.36. The molecule has 90 valence electrons. The van der Waals surface area contributed by atoms with Gasteiger partial charge >= 0.3 is 0 Å². The lowest BCUT2D eigenvalue weighted by atomic mass is 9.94. The van der Waals surface area contributed by atoms with Gasteiger partial charge in [-0.2, -0.15) is 0 Å². The van der Waals surface area contributed by atoms with E-state index in [1.54, 1.807) is 11.3 Å². The van der Waals surface area contributed by atoms with Gasteiger partial charge in [0.1, 0.15) is 0 Å². The molecular formula is C12H17Cl2NS. The molecule has 1 aromatic rings. The molecule has 1 atom stereocenters. The number of thiophene rings is 1. The first kappa shape index (κ1) is 12.7. The minimum Gasteiger partial charge on any atom is -0.298 e. The average Bonchev–Trinajstić information content (AvgIpc) is 2.65. The molecule has 0 amide bonds. The van der Waals surface area contributed by atoms with Crippen LogP contribution in [-0.2, 0) is 6.54 Å². The van der Waals surface area contributed by atoms with Gasteiger partial charge in [-0.3, -0.25) is 4.90 Å². The number of nitrogens with zero attached hydrogens (tertiary/aromatic N) is 1. The zero-order valence-corrected chi connectivity index (χ0v) is 11.8. The first-order chi connectivity index (χ1) is 7.65. The normalized spacial score (nSPS) is 21.2. The topological polar surface area (TPSA) is 3.24 Å². The lowest BCUT2D eigenvalue weighted by molar-refractivity contribution is 0.178. The largest absolute Gasteiger partial charge is 0.298 e. The van der Waals surface area contributed by atoms with Crippen LogP contribution < -0.4 is 0 Å². The first-order valence-electron chi connectivity index (χ1n) is 5.76. The Bertz CT molecular complexity index is 330. The predicted molar refractivity (Wildman–Crippen MR) is 72.6 cm³/mol. The Kier molecular flexibility index (Phi) is 4.54. The van der Waals surface area contributed by atoms with E-state index in [1.165, 1.54) is 17.7 Å². The highest BCUT2D eigenvalue weighted by Crippen LogP contribution is 2.27. The van der Waals surface area contributed by atoms with Crippen LogP contribution in [0.1, 0.15) is 24.6 Å². The predicted octanol–water partition coefficient (Wildman–Crippen LogP) is 4.24. The van der Waals surface area contributed by atoms with Crippen molar-refractivity contribution in [3.05, 3.63) is 21.3 Å². The van der Waals surface area contributed by atoms with Gasteiger partial charge in [0.2, 0.25) is 0 Å². The molecular weight excluding hydrogens is 261 g/mol. The Morgan fingerprint density at radius 3 is 2.62 bits per heavy atom. The van der Waals surface area contributed by atoms with Gasteiger partial charge in [0.05, 0.1) is 4.34 Å². The molecule has 2 heterocycles. The number of hydrogen-bond donors (Lipinski definition) is 0. The molecule has 1 nitrogen and oxygen atoms in total. The summed E-state index contributed by atoms with van der Waals surface area (Å²) in [7, 11) is 0. The number of alkyl halides is 1. The second-order valence-corrected chi connectivity index (χ2v) is 6.98. The van der Waals surface area contributed by atoms with Crippen molar-refractivity contribution in [2.24, 2.45) is 5.92 Å². The number of hydrogen-bond acceptors (Lipinski definition) is 2. The summed E-state index contributed by atoms with van der Waals surface area (Å²) in [5.41, 5.74) is 0. The van der Waals surface area contributed by atoms with E-state index in [1.807, 2.05) is 6.07 Å². The number of likely N-dealkylation sites (tertiary alicyclic amines) is 1. The lowest BCUT2D eigenvalue weighted by Gasteiger charge is -2.32. The Morgan fingerprint density at radius 1 is 1.44 bits per heavy atom. The second kappa shape index (κ2) is 5.72. The van der Waals surface area contributed by atoms with Crippen molar-refractivity contribution in [2.45, 2.75) is 31.7 Å². The maximum Gasteiger partial charge on any atom is 0.0931 e. The fraction of sp³-hybridized carbons (Fsp3) is 0.667. The fourth-order valence-corrected chi connectivity index (χ4v) is 3.61. The van der Waals surface area contributed by atoms with E-state index in [4.69, 9.17) is 23.2 Å². The van der Waals surface area contributed by atoms with Crippen LogP contribution in [0.4, 0.5) is 0 Å².